The number of nitrogens with two attached hydrogens (primary N) is 1. The fourth-order valence-corrected chi connectivity index (χ4v) is 3.41. The van der Waals surface area contributed by atoms with Gasteiger partial charge in [0.15, 0.2) is 0 Å². The SMILES string of the molecule is COc1ccc(CN(C)CCC2(CN)CCCCC2)cc1. The highest BCUT2D eigenvalue weighted by molar-refractivity contribution is 5.27. The van der Waals surface area contributed by atoms with E-state index >= 15 is 0 Å². The van der Waals surface area contributed by atoms with Crippen LogP contribution in [0.25, 0.3) is 0 Å². The summed E-state index contributed by atoms with van der Waals surface area (Å²) in [6, 6.07) is 8.36. The molecule has 0 unspecified atom stereocenters. The molecule has 0 amide bonds. The van der Waals surface area contributed by atoms with Crippen molar-refractivity contribution in [3.8, 4) is 5.75 Å². The molecule has 2 rings (SSSR count). The van der Waals surface area contributed by atoms with Gasteiger partial charge in [0.25, 0.3) is 0 Å². The molecule has 0 heterocycles. The summed E-state index contributed by atoms with van der Waals surface area (Å²) in [6.45, 7) is 2.97. The third-order valence-electron chi connectivity index (χ3n) is 4.98. The molecule has 3 nitrogen and oxygen atoms in total. The van der Waals surface area contributed by atoms with Crippen LogP contribution in [0.5, 0.6) is 5.75 Å². The van der Waals surface area contributed by atoms with Crippen molar-refractivity contribution in [3.63, 3.8) is 0 Å². The number of ether oxygens (including phenoxy) is 1. The van der Waals surface area contributed by atoms with Crippen LogP contribution in [0.15, 0.2) is 24.3 Å². The standard InChI is InChI=1S/C18H30N2O/c1-20(14-16-6-8-17(21-2)9-7-16)13-12-18(15-19)10-4-3-5-11-18/h6-9H,3-5,10-15,19H2,1-2H3. The average molecular weight is 290 g/mol. The number of hydrogen-bond donors (Lipinski definition) is 1. The normalized spacial score (nSPS) is 17.9. The zero-order valence-corrected chi connectivity index (χ0v) is 13.6. The quantitative estimate of drug-likeness (QED) is 0.836. The van der Waals surface area contributed by atoms with Crippen molar-refractivity contribution in [1.82, 2.24) is 4.90 Å². The summed E-state index contributed by atoms with van der Waals surface area (Å²) in [5.74, 6) is 0.922. The summed E-state index contributed by atoms with van der Waals surface area (Å²) in [5.41, 5.74) is 7.82. The Hall–Kier alpha value is -1.06. The molecule has 2 N–H and O–H groups in total. The van der Waals surface area contributed by atoms with E-state index in [1.54, 1.807) is 7.11 Å². The van der Waals surface area contributed by atoms with Gasteiger partial charge in [-0.2, -0.15) is 0 Å². The molecule has 1 aromatic carbocycles. The molecule has 3 heteroatoms. The second-order valence-electron chi connectivity index (χ2n) is 6.60. The molecule has 21 heavy (non-hydrogen) atoms. The minimum Gasteiger partial charge on any atom is -0.497 e. The molecule has 0 radical (unpaired) electrons. The Bertz CT molecular complexity index is 410. The highest BCUT2D eigenvalue weighted by atomic mass is 16.5. The maximum Gasteiger partial charge on any atom is 0.118 e. The molecular formula is C18H30N2O. The van der Waals surface area contributed by atoms with E-state index < -0.39 is 0 Å². The lowest BCUT2D eigenvalue weighted by Gasteiger charge is -2.37. The van der Waals surface area contributed by atoms with Gasteiger partial charge in [0, 0.05) is 6.54 Å². The topological polar surface area (TPSA) is 38.5 Å². The molecule has 1 saturated carbocycles. The summed E-state index contributed by atoms with van der Waals surface area (Å²) >= 11 is 0. The predicted molar refractivity (Wildman–Crippen MR) is 88.5 cm³/mol. The summed E-state index contributed by atoms with van der Waals surface area (Å²) in [6.07, 6.45) is 7.98. The first-order valence-corrected chi connectivity index (χ1v) is 8.19. The molecule has 0 atom stereocenters. The molecule has 1 aliphatic rings. The molecule has 0 spiro atoms. The van der Waals surface area contributed by atoms with Gasteiger partial charge in [0.1, 0.15) is 5.75 Å². The largest absolute Gasteiger partial charge is 0.497 e. The molecule has 0 aliphatic heterocycles. The van der Waals surface area contributed by atoms with Crippen molar-refractivity contribution in [2.75, 3.05) is 27.2 Å². The van der Waals surface area contributed by atoms with Crippen molar-refractivity contribution in [1.29, 1.82) is 0 Å². The smallest absolute Gasteiger partial charge is 0.118 e. The van der Waals surface area contributed by atoms with E-state index in [1.807, 2.05) is 12.1 Å². The van der Waals surface area contributed by atoms with Gasteiger partial charge in [-0.25, -0.2) is 0 Å². The van der Waals surface area contributed by atoms with Gasteiger partial charge >= 0.3 is 0 Å². The number of nitrogens with zero attached hydrogens (tertiary/aromatic N) is 1. The van der Waals surface area contributed by atoms with E-state index in [1.165, 1.54) is 44.1 Å². The van der Waals surface area contributed by atoms with Crippen LogP contribution >= 0.6 is 0 Å². The van der Waals surface area contributed by atoms with Gasteiger partial charge in [0.05, 0.1) is 7.11 Å². The van der Waals surface area contributed by atoms with Gasteiger partial charge in [0.2, 0.25) is 0 Å². The highest BCUT2D eigenvalue weighted by Gasteiger charge is 2.30. The highest BCUT2D eigenvalue weighted by Crippen LogP contribution is 2.38. The molecule has 1 aliphatic carbocycles. The molecular weight excluding hydrogens is 260 g/mol. The van der Waals surface area contributed by atoms with Gasteiger partial charge in [-0.15, -0.1) is 0 Å². The van der Waals surface area contributed by atoms with E-state index in [9.17, 15) is 0 Å². The Morgan fingerprint density at radius 1 is 1.14 bits per heavy atom. The lowest BCUT2D eigenvalue weighted by Crippen LogP contribution is -2.36. The summed E-state index contributed by atoms with van der Waals surface area (Å²) in [5, 5.41) is 0. The van der Waals surface area contributed by atoms with E-state index in [0.717, 1.165) is 25.4 Å². The van der Waals surface area contributed by atoms with Crippen LogP contribution in [0, 0.1) is 5.41 Å². The Kier molecular flexibility index (Phi) is 6.07. The molecule has 0 bridgehead atoms. The predicted octanol–water partition coefficient (Wildman–Crippen LogP) is 3.43. The van der Waals surface area contributed by atoms with Crippen LogP contribution in [0.1, 0.15) is 44.1 Å². The number of rotatable bonds is 7. The minimum atomic E-state index is 0.409. The van der Waals surface area contributed by atoms with E-state index in [2.05, 4.69) is 24.1 Å². The first-order valence-electron chi connectivity index (χ1n) is 8.19. The van der Waals surface area contributed by atoms with Crippen molar-refractivity contribution in [2.24, 2.45) is 11.1 Å². The van der Waals surface area contributed by atoms with Gasteiger partial charge in [-0.05, 0) is 62.5 Å². The number of hydrogen-bond acceptors (Lipinski definition) is 3. The molecule has 0 saturated heterocycles. The average Bonchev–Trinajstić information content (AvgIpc) is 2.54. The van der Waals surface area contributed by atoms with Crippen LogP contribution in [0.3, 0.4) is 0 Å². The summed E-state index contributed by atoms with van der Waals surface area (Å²) in [7, 11) is 3.91. The van der Waals surface area contributed by atoms with Crippen molar-refractivity contribution < 1.29 is 4.74 Å². The second-order valence-corrected chi connectivity index (χ2v) is 6.60. The number of methoxy groups -OCH3 is 1. The van der Waals surface area contributed by atoms with Gasteiger partial charge < -0.3 is 15.4 Å². The Morgan fingerprint density at radius 2 is 1.81 bits per heavy atom. The maximum absolute atomic E-state index is 6.08. The zero-order valence-electron chi connectivity index (χ0n) is 13.6. The van der Waals surface area contributed by atoms with Crippen LogP contribution in [0.4, 0.5) is 0 Å². The van der Waals surface area contributed by atoms with Gasteiger partial charge in [-0.1, -0.05) is 31.4 Å². The fraction of sp³-hybridized carbons (Fsp3) is 0.667. The Balaban J connectivity index is 1.81. The van der Waals surface area contributed by atoms with E-state index in [0.29, 0.717) is 5.41 Å². The second kappa shape index (κ2) is 7.81. The summed E-state index contributed by atoms with van der Waals surface area (Å²) < 4.78 is 5.20. The molecule has 0 aromatic heterocycles. The third-order valence-corrected chi connectivity index (χ3v) is 4.98. The molecule has 1 aromatic rings. The zero-order chi connectivity index (χ0) is 15.1. The van der Waals surface area contributed by atoms with Gasteiger partial charge in [-0.3, -0.25) is 0 Å². The Morgan fingerprint density at radius 3 is 2.38 bits per heavy atom. The molecule has 1 fully saturated rings. The van der Waals surface area contributed by atoms with Crippen LogP contribution < -0.4 is 10.5 Å². The fourth-order valence-electron chi connectivity index (χ4n) is 3.41. The Labute approximate surface area is 129 Å². The van der Waals surface area contributed by atoms with E-state index in [4.69, 9.17) is 10.5 Å². The molecule has 118 valence electrons. The van der Waals surface area contributed by atoms with Crippen LogP contribution in [-0.2, 0) is 6.54 Å². The number of benzene rings is 1. The third kappa shape index (κ3) is 4.72. The lowest BCUT2D eigenvalue weighted by atomic mass is 9.72. The summed E-state index contributed by atoms with van der Waals surface area (Å²) in [4.78, 5) is 2.41. The van der Waals surface area contributed by atoms with Crippen molar-refractivity contribution in [2.45, 2.75) is 45.1 Å². The van der Waals surface area contributed by atoms with Crippen LogP contribution in [-0.4, -0.2) is 32.1 Å². The monoisotopic (exact) mass is 290 g/mol. The van der Waals surface area contributed by atoms with Crippen molar-refractivity contribution >= 4 is 0 Å². The first-order chi connectivity index (χ1) is 10.2. The van der Waals surface area contributed by atoms with Crippen molar-refractivity contribution in [3.05, 3.63) is 29.8 Å². The van der Waals surface area contributed by atoms with E-state index in [-0.39, 0.29) is 0 Å². The lowest BCUT2D eigenvalue weighted by molar-refractivity contribution is 0.154. The minimum absolute atomic E-state index is 0.409. The maximum atomic E-state index is 6.08. The van der Waals surface area contributed by atoms with Crippen LogP contribution in [0.2, 0.25) is 0 Å². The first kappa shape index (κ1) is 16.3.